The molecule has 1 aliphatic rings. The second-order valence-electron chi connectivity index (χ2n) is 7.51. The minimum absolute atomic E-state index is 0.110. The van der Waals surface area contributed by atoms with Crippen molar-refractivity contribution in [2.45, 2.75) is 17.1 Å². The van der Waals surface area contributed by atoms with Crippen molar-refractivity contribution in [2.24, 2.45) is 0 Å². The van der Waals surface area contributed by atoms with E-state index in [9.17, 15) is 28.1 Å². The molecule has 2 aromatic carbocycles. The molecule has 0 bridgehead atoms. The summed E-state index contributed by atoms with van der Waals surface area (Å²) in [5.41, 5.74) is -0.0358. The second kappa shape index (κ2) is 9.71. The number of rotatable bonds is 6. The van der Waals surface area contributed by atoms with Crippen LogP contribution in [-0.4, -0.2) is 57.1 Å². The Labute approximate surface area is 196 Å². The minimum atomic E-state index is -4.67. The number of piperazine rings is 1. The van der Waals surface area contributed by atoms with Gasteiger partial charge < -0.3 is 9.80 Å². The number of amides is 1. The summed E-state index contributed by atoms with van der Waals surface area (Å²) in [4.78, 5) is 30.7. The lowest BCUT2D eigenvalue weighted by Crippen LogP contribution is -2.49. The molecule has 0 spiro atoms. The largest absolute Gasteiger partial charge is 0.416 e. The maximum atomic E-state index is 13.0. The molecule has 0 atom stereocenters. The second-order valence-corrected chi connectivity index (χ2v) is 8.48. The topological polar surface area (TPSA) is 108 Å². The first kappa shape index (κ1) is 23.5. The highest BCUT2D eigenvalue weighted by molar-refractivity contribution is 7.98. The molecule has 1 fully saturated rings. The number of nitro groups is 1. The van der Waals surface area contributed by atoms with Crippen LogP contribution in [0.5, 0.6) is 0 Å². The maximum absolute atomic E-state index is 13.0. The van der Waals surface area contributed by atoms with E-state index in [1.165, 1.54) is 18.1 Å². The van der Waals surface area contributed by atoms with E-state index in [0.29, 0.717) is 35.6 Å². The quantitative estimate of drug-likeness (QED) is 0.315. The lowest BCUT2D eigenvalue weighted by molar-refractivity contribution is -0.384. The summed E-state index contributed by atoms with van der Waals surface area (Å²) in [6, 6.07) is 9.71. The van der Waals surface area contributed by atoms with Gasteiger partial charge in [0.2, 0.25) is 0 Å². The fourth-order valence-corrected chi connectivity index (χ4v) is 4.34. The van der Waals surface area contributed by atoms with Gasteiger partial charge in [-0.15, -0.1) is 0 Å². The highest BCUT2D eigenvalue weighted by atomic mass is 32.2. The normalized spacial score (nSPS) is 14.3. The predicted octanol–water partition coefficient (Wildman–Crippen LogP) is 3.99. The van der Waals surface area contributed by atoms with Crippen LogP contribution in [0.15, 0.2) is 53.9 Å². The van der Waals surface area contributed by atoms with Gasteiger partial charge in [-0.25, -0.2) is 4.98 Å². The fraction of sp³-hybridized carbons (Fsp3) is 0.286. The number of carbonyl (C=O) groups excluding carboxylic acids is 1. The van der Waals surface area contributed by atoms with Gasteiger partial charge in [-0.3, -0.25) is 20.0 Å². The molecule has 1 saturated heterocycles. The van der Waals surface area contributed by atoms with Crippen LogP contribution in [0, 0.1) is 10.1 Å². The SMILES string of the molecule is O=C(c1ccc(CSc2ncn[nH]2)cc1)N1CCN(c2ccc(C(F)(F)F)cc2[N+](=O)[O-])CC1. The Morgan fingerprint density at radius 3 is 2.41 bits per heavy atom. The smallest absolute Gasteiger partial charge is 0.362 e. The van der Waals surface area contributed by atoms with Gasteiger partial charge in [0.1, 0.15) is 12.0 Å². The van der Waals surface area contributed by atoms with Gasteiger partial charge >= 0.3 is 6.18 Å². The molecular formula is C21H19F3N6O3S. The van der Waals surface area contributed by atoms with Crippen LogP contribution in [0.25, 0.3) is 0 Å². The summed E-state index contributed by atoms with van der Waals surface area (Å²) in [5, 5.41) is 18.6. The first-order chi connectivity index (χ1) is 16.2. The number of anilines is 1. The van der Waals surface area contributed by atoms with Crippen molar-refractivity contribution < 1.29 is 22.9 Å². The molecule has 3 aromatic rings. The molecule has 34 heavy (non-hydrogen) atoms. The van der Waals surface area contributed by atoms with Gasteiger partial charge in [-0.05, 0) is 29.8 Å². The Hall–Kier alpha value is -3.61. The third-order valence-electron chi connectivity index (χ3n) is 5.38. The number of nitrogens with zero attached hydrogens (tertiary/aromatic N) is 5. The van der Waals surface area contributed by atoms with Crippen molar-refractivity contribution in [3.05, 3.63) is 75.6 Å². The standard InChI is InChI=1S/C21H19F3N6O3S/c22-21(23,24)16-5-6-17(18(11-16)30(32)33)28-7-9-29(10-8-28)19(31)15-3-1-14(2-4-15)12-34-20-25-13-26-27-20/h1-6,11,13H,7-10,12H2,(H,25,26,27). The van der Waals surface area contributed by atoms with Crippen LogP contribution in [0.3, 0.4) is 0 Å². The number of nitrogens with one attached hydrogen (secondary N) is 1. The minimum Gasteiger partial charge on any atom is -0.362 e. The Balaban J connectivity index is 1.38. The van der Waals surface area contributed by atoms with E-state index in [1.807, 2.05) is 12.1 Å². The fourth-order valence-electron chi connectivity index (χ4n) is 3.61. The number of aromatic amines is 1. The number of hydrogen-bond acceptors (Lipinski definition) is 7. The van der Waals surface area contributed by atoms with Gasteiger partial charge in [0, 0.05) is 43.6 Å². The Bertz CT molecular complexity index is 1160. The summed E-state index contributed by atoms with van der Waals surface area (Å²) in [6.45, 7) is 1.12. The van der Waals surface area contributed by atoms with Crippen molar-refractivity contribution in [2.75, 3.05) is 31.1 Å². The van der Waals surface area contributed by atoms with Crippen LogP contribution in [0.1, 0.15) is 21.5 Å². The highest BCUT2D eigenvalue weighted by Crippen LogP contribution is 2.36. The summed E-state index contributed by atoms with van der Waals surface area (Å²) in [6.07, 6.45) is -3.24. The van der Waals surface area contributed by atoms with Gasteiger partial charge in [0.05, 0.1) is 10.5 Å². The zero-order chi connectivity index (χ0) is 24.3. The van der Waals surface area contributed by atoms with Crippen LogP contribution < -0.4 is 4.90 Å². The molecule has 4 rings (SSSR count). The van der Waals surface area contributed by atoms with Crippen LogP contribution in [-0.2, 0) is 11.9 Å². The molecule has 0 saturated carbocycles. The summed E-state index contributed by atoms with van der Waals surface area (Å²) >= 11 is 1.49. The number of halogens is 3. The van der Waals surface area contributed by atoms with Gasteiger partial charge in [0.15, 0.2) is 5.16 Å². The highest BCUT2D eigenvalue weighted by Gasteiger charge is 2.34. The summed E-state index contributed by atoms with van der Waals surface area (Å²) < 4.78 is 38.9. The number of H-pyrrole nitrogens is 1. The molecule has 0 aliphatic carbocycles. The van der Waals surface area contributed by atoms with E-state index in [2.05, 4.69) is 15.2 Å². The maximum Gasteiger partial charge on any atom is 0.416 e. The predicted molar refractivity (Wildman–Crippen MR) is 119 cm³/mol. The van der Waals surface area contributed by atoms with Crippen molar-refractivity contribution >= 4 is 29.0 Å². The van der Waals surface area contributed by atoms with Crippen molar-refractivity contribution in [3.8, 4) is 0 Å². The van der Waals surface area contributed by atoms with Gasteiger partial charge in [-0.1, -0.05) is 23.9 Å². The third kappa shape index (κ3) is 5.30. The third-order valence-corrected chi connectivity index (χ3v) is 6.32. The number of carbonyl (C=O) groups is 1. The van der Waals surface area contributed by atoms with Crippen molar-refractivity contribution in [3.63, 3.8) is 0 Å². The van der Waals surface area contributed by atoms with Gasteiger partial charge in [0.25, 0.3) is 11.6 Å². The lowest BCUT2D eigenvalue weighted by atomic mass is 10.1. The van der Waals surface area contributed by atoms with E-state index in [0.717, 1.165) is 17.7 Å². The molecule has 0 unspecified atom stereocenters. The molecule has 1 N–H and O–H groups in total. The lowest BCUT2D eigenvalue weighted by Gasteiger charge is -2.36. The zero-order valence-electron chi connectivity index (χ0n) is 17.7. The van der Waals surface area contributed by atoms with Crippen molar-refractivity contribution in [1.82, 2.24) is 20.1 Å². The van der Waals surface area contributed by atoms with Crippen LogP contribution in [0.2, 0.25) is 0 Å². The molecular weight excluding hydrogens is 473 g/mol. The first-order valence-corrected chi connectivity index (χ1v) is 11.2. The molecule has 1 aliphatic heterocycles. The molecule has 0 radical (unpaired) electrons. The van der Waals surface area contributed by atoms with E-state index < -0.39 is 22.4 Å². The number of benzene rings is 2. The molecule has 178 valence electrons. The summed E-state index contributed by atoms with van der Waals surface area (Å²) in [5.74, 6) is 0.491. The Kier molecular flexibility index (Phi) is 6.72. The Morgan fingerprint density at radius 1 is 1.12 bits per heavy atom. The van der Waals surface area contributed by atoms with Crippen LogP contribution in [0.4, 0.5) is 24.5 Å². The number of aromatic nitrogens is 3. The molecule has 1 amide bonds. The first-order valence-electron chi connectivity index (χ1n) is 10.2. The molecule has 2 heterocycles. The van der Waals surface area contributed by atoms with E-state index >= 15 is 0 Å². The van der Waals surface area contributed by atoms with E-state index in [-0.39, 0.29) is 24.7 Å². The number of nitro benzene ring substituents is 1. The summed E-state index contributed by atoms with van der Waals surface area (Å²) in [7, 11) is 0. The average Bonchev–Trinajstić information content (AvgIpc) is 3.35. The zero-order valence-corrected chi connectivity index (χ0v) is 18.5. The molecule has 13 heteroatoms. The Morgan fingerprint density at radius 2 is 1.82 bits per heavy atom. The molecule has 1 aromatic heterocycles. The number of thioether (sulfide) groups is 1. The number of hydrogen-bond donors (Lipinski definition) is 1. The average molecular weight is 492 g/mol. The number of alkyl halides is 3. The van der Waals surface area contributed by atoms with Gasteiger partial charge in [-0.2, -0.15) is 18.3 Å². The van der Waals surface area contributed by atoms with Crippen molar-refractivity contribution in [1.29, 1.82) is 0 Å². The monoisotopic (exact) mass is 492 g/mol. The van der Waals surface area contributed by atoms with E-state index in [1.54, 1.807) is 21.9 Å². The molecule has 9 nitrogen and oxygen atoms in total. The van der Waals surface area contributed by atoms with Crippen LogP contribution >= 0.6 is 11.8 Å². The van der Waals surface area contributed by atoms with E-state index in [4.69, 9.17) is 0 Å².